The van der Waals surface area contributed by atoms with Gasteiger partial charge in [-0.3, -0.25) is 4.79 Å². The minimum atomic E-state index is -0.0142. The number of anilines is 2. The van der Waals surface area contributed by atoms with Crippen molar-refractivity contribution in [2.75, 3.05) is 25.0 Å². The first-order valence-corrected chi connectivity index (χ1v) is 8.59. The summed E-state index contributed by atoms with van der Waals surface area (Å²) < 4.78 is 0. The second kappa shape index (κ2) is 7.57. The van der Waals surface area contributed by atoms with Gasteiger partial charge in [0.1, 0.15) is 17.5 Å². The number of hydrogen-bond donors (Lipinski definition) is 2. The lowest BCUT2D eigenvalue weighted by Gasteiger charge is -2.32. The number of amides is 1. The number of piperidine rings is 1. The summed E-state index contributed by atoms with van der Waals surface area (Å²) in [5, 5.41) is 3.25. The largest absolute Gasteiger partial charge is 0.341 e. The molecule has 2 aromatic rings. The van der Waals surface area contributed by atoms with Crippen LogP contribution in [0.5, 0.6) is 0 Å². The molecule has 3 rings (SSSR count). The van der Waals surface area contributed by atoms with E-state index in [2.05, 4.69) is 20.3 Å². The molecule has 25 heavy (non-hydrogen) atoms. The molecule has 0 bridgehead atoms. The van der Waals surface area contributed by atoms with Crippen LogP contribution in [0.3, 0.4) is 0 Å². The van der Waals surface area contributed by atoms with Gasteiger partial charge >= 0.3 is 0 Å². The van der Waals surface area contributed by atoms with Gasteiger partial charge in [0.05, 0.1) is 6.54 Å². The van der Waals surface area contributed by atoms with Crippen LogP contribution in [-0.2, 0) is 4.79 Å². The molecular formula is C18H24N6O. The van der Waals surface area contributed by atoms with Crippen LogP contribution in [0.4, 0.5) is 11.6 Å². The van der Waals surface area contributed by atoms with Crippen molar-refractivity contribution in [2.24, 2.45) is 5.73 Å². The molecule has 1 aliphatic rings. The van der Waals surface area contributed by atoms with E-state index in [0.717, 1.165) is 48.2 Å². The number of nitrogens with zero attached hydrogens (tertiary/aromatic N) is 4. The number of pyridine rings is 1. The van der Waals surface area contributed by atoms with E-state index in [-0.39, 0.29) is 18.4 Å². The molecule has 0 spiro atoms. The van der Waals surface area contributed by atoms with Gasteiger partial charge in [0.15, 0.2) is 0 Å². The Kier molecular flexibility index (Phi) is 5.23. The number of aryl methyl sites for hydroxylation is 2. The van der Waals surface area contributed by atoms with Crippen LogP contribution in [-0.4, -0.2) is 45.4 Å². The van der Waals surface area contributed by atoms with Gasteiger partial charge in [0, 0.05) is 36.5 Å². The van der Waals surface area contributed by atoms with Gasteiger partial charge in [-0.1, -0.05) is 6.07 Å². The summed E-state index contributed by atoms with van der Waals surface area (Å²) in [5.41, 5.74) is 7.33. The minimum Gasteiger partial charge on any atom is -0.341 e. The summed E-state index contributed by atoms with van der Waals surface area (Å²) in [6, 6.07) is 7.72. The molecule has 3 heterocycles. The van der Waals surface area contributed by atoms with Crippen molar-refractivity contribution in [2.45, 2.75) is 32.6 Å². The first-order chi connectivity index (χ1) is 12.0. The molecule has 7 nitrogen and oxygen atoms in total. The smallest absolute Gasteiger partial charge is 0.236 e. The summed E-state index contributed by atoms with van der Waals surface area (Å²) >= 11 is 0. The highest BCUT2D eigenvalue weighted by Crippen LogP contribution is 2.26. The van der Waals surface area contributed by atoms with Gasteiger partial charge in [-0.2, -0.15) is 0 Å². The molecule has 1 saturated heterocycles. The van der Waals surface area contributed by atoms with Crippen LogP contribution in [0.1, 0.15) is 36.0 Å². The van der Waals surface area contributed by atoms with E-state index in [1.54, 1.807) is 0 Å². The minimum absolute atomic E-state index is 0.0142. The summed E-state index contributed by atoms with van der Waals surface area (Å²) in [7, 11) is 0. The van der Waals surface area contributed by atoms with Crippen molar-refractivity contribution in [3.63, 3.8) is 0 Å². The fourth-order valence-corrected chi connectivity index (χ4v) is 3.13. The van der Waals surface area contributed by atoms with E-state index in [0.29, 0.717) is 6.54 Å². The van der Waals surface area contributed by atoms with Gasteiger partial charge < -0.3 is 16.0 Å². The second-order valence-electron chi connectivity index (χ2n) is 6.43. The third-order valence-corrected chi connectivity index (χ3v) is 4.33. The molecule has 0 aliphatic carbocycles. The fourth-order valence-electron chi connectivity index (χ4n) is 3.13. The fraction of sp³-hybridized carbons (Fsp3) is 0.444. The zero-order valence-electron chi connectivity index (χ0n) is 14.7. The molecule has 2 aromatic heterocycles. The van der Waals surface area contributed by atoms with Gasteiger partial charge in [-0.05, 0) is 38.8 Å². The van der Waals surface area contributed by atoms with Crippen molar-refractivity contribution >= 4 is 17.5 Å². The Morgan fingerprint density at radius 2 is 2.08 bits per heavy atom. The molecule has 132 valence electrons. The third kappa shape index (κ3) is 4.30. The number of rotatable bonds is 4. The zero-order chi connectivity index (χ0) is 17.8. The van der Waals surface area contributed by atoms with Crippen molar-refractivity contribution in [1.82, 2.24) is 19.9 Å². The van der Waals surface area contributed by atoms with Crippen LogP contribution < -0.4 is 11.1 Å². The number of nitrogens with one attached hydrogen (secondary N) is 1. The first-order valence-electron chi connectivity index (χ1n) is 8.59. The lowest BCUT2D eigenvalue weighted by atomic mass is 9.97. The Labute approximate surface area is 147 Å². The molecule has 0 unspecified atom stereocenters. The molecule has 0 saturated carbocycles. The van der Waals surface area contributed by atoms with Gasteiger partial charge in [-0.25, -0.2) is 15.0 Å². The Hall–Kier alpha value is -2.54. The van der Waals surface area contributed by atoms with Crippen LogP contribution in [0.15, 0.2) is 24.3 Å². The van der Waals surface area contributed by atoms with Crippen molar-refractivity contribution < 1.29 is 4.79 Å². The molecule has 0 aromatic carbocycles. The van der Waals surface area contributed by atoms with E-state index in [1.165, 1.54) is 0 Å². The van der Waals surface area contributed by atoms with Gasteiger partial charge in [-0.15, -0.1) is 0 Å². The molecule has 1 aliphatic heterocycles. The molecule has 1 amide bonds. The maximum Gasteiger partial charge on any atom is 0.236 e. The predicted octanol–water partition coefficient (Wildman–Crippen LogP) is 1.90. The summed E-state index contributed by atoms with van der Waals surface area (Å²) in [6.45, 7) is 5.34. The van der Waals surface area contributed by atoms with Gasteiger partial charge in [0.2, 0.25) is 5.91 Å². The SMILES string of the molecule is Cc1cccc(Nc2cc(C)nc([C@@H]3CCCN(C(=O)CN)C3)n2)n1. The van der Waals surface area contributed by atoms with Gasteiger partial charge in [0.25, 0.3) is 0 Å². The summed E-state index contributed by atoms with van der Waals surface area (Å²) in [5.74, 6) is 2.37. The predicted molar refractivity (Wildman–Crippen MR) is 96.6 cm³/mol. The van der Waals surface area contributed by atoms with Crippen molar-refractivity contribution in [3.8, 4) is 0 Å². The number of likely N-dealkylation sites (tertiary alicyclic amines) is 1. The lowest BCUT2D eigenvalue weighted by molar-refractivity contribution is -0.130. The topological polar surface area (TPSA) is 97.0 Å². The highest BCUT2D eigenvalue weighted by Gasteiger charge is 2.26. The first kappa shape index (κ1) is 17.3. The molecule has 7 heteroatoms. The summed E-state index contributed by atoms with van der Waals surface area (Å²) in [6.07, 6.45) is 1.91. The molecule has 3 N–H and O–H groups in total. The van der Waals surface area contributed by atoms with E-state index >= 15 is 0 Å². The van der Waals surface area contributed by atoms with Crippen molar-refractivity contribution in [3.05, 3.63) is 41.5 Å². The van der Waals surface area contributed by atoms with Crippen molar-refractivity contribution in [1.29, 1.82) is 0 Å². The van der Waals surface area contributed by atoms with Crippen LogP contribution in [0.2, 0.25) is 0 Å². The molecule has 0 radical (unpaired) electrons. The lowest BCUT2D eigenvalue weighted by Crippen LogP contribution is -2.42. The summed E-state index contributed by atoms with van der Waals surface area (Å²) in [4.78, 5) is 27.4. The molecular weight excluding hydrogens is 316 g/mol. The Bertz CT molecular complexity index is 763. The van der Waals surface area contributed by atoms with E-state index in [9.17, 15) is 4.79 Å². The number of hydrogen-bond acceptors (Lipinski definition) is 6. The van der Waals surface area contributed by atoms with E-state index in [4.69, 9.17) is 5.73 Å². The number of nitrogens with two attached hydrogens (primary N) is 1. The van der Waals surface area contributed by atoms with E-state index in [1.807, 2.05) is 43.0 Å². The Balaban J connectivity index is 1.80. The van der Waals surface area contributed by atoms with E-state index < -0.39 is 0 Å². The highest BCUT2D eigenvalue weighted by atomic mass is 16.2. The average molecular weight is 340 g/mol. The third-order valence-electron chi connectivity index (χ3n) is 4.33. The number of carbonyl (C=O) groups is 1. The zero-order valence-corrected chi connectivity index (χ0v) is 14.7. The highest BCUT2D eigenvalue weighted by molar-refractivity contribution is 5.78. The number of aromatic nitrogens is 3. The maximum atomic E-state index is 11.9. The molecule has 1 atom stereocenters. The number of carbonyl (C=O) groups excluding carboxylic acids is 1. The Morgan fingerprint density at radius 3 is 2.84 bits per heavy atom. The normalized spacial score (nSPS) is 17.4. The quantitative estimate of drug-likeness (QED) is 0.882. The average Bonchev–Trinajstić information content (AvgIpc) is 2.60. The van der Waals surface area contributed by atoms with Crippen LogP contribution in [0.25, 0.3) is 0 Å². The van der Waals surface area contributed by atoms with Crippen LogP contribution >= 0.6 is 0 Å². The maximum absolute atomic E-state index is 11.9. The van der Waals surface area contributed by atoms with Crippen LogP contribution in [0, 0.1) is 13.8 Å². The second-order valence-corrected chi connectivity index (χ2v) is 6.43. The molecule has 1 fully saturated rings. The Morgan fingerprint density at radius 1 is 1.24 bits per heavy atom. The monoisotopic (exact) mass is 340 g/mol. The standard InChI is InChI=1S/C18H24N6O/c1-12-5-3-7-15(20-12)22-16-9-13(2)21-18(23-16)14-6-4-8-24(11-14)17(25)10-19/h3,5,7,9,14H,4,6,8,10-11,19H2,1-2H3,(H,20,21,22,23)/t14-/m1/s1.